The van der Waals surface area contributed by atoms with Crippen LogP contribution in [0, 0.1) is 6.92 Å². The van der Waals surface area contributed by atoms with E-state index in [-0.39, 0.29) is 18.1 Å². The van der Waals surface area contributed by atoms with Gasteiger partial charge < -0.3 is 14.7 Å². The third-order valence-corrected chi connectivity index (χ3v) is 7.08. The molecule has 2 aromatic heterocycles. The van der Waals surface area contributed by atoms with Gasteiger partial charge in [0.1, 0.15) is 21.3 Å². The van der Waals surface area contributed by atoms with Gasteiger partial charge in [-0.3, -0.25) is 4.90 Å². The van der Waals surface area contributed by atoms with E-state index in [9.17, 15) is 9.90 Å². The van der Waals surface area contributed by atoms with Crippen molar-refractivity contribution in [1.29, 1.82) is 0 Å². The maximum Gasteiger partial charge on any atom is 0.348 e. The Bertz CT molecular complexity index is 894. The summed E-state index contributed by atoms with van der Waals surface area (Å²) >= 11 is 1.39. The SMILES string of the molecule is CCOC(=O)c1sc2nc(CN3CCCCC3)nc(N3C[C@H](O)C[C@@H]3C)c2c1C. The van der Waals surface area contributed by atoms with Crippen LogP contribution in [0.1, 0.15) is 60.6 Å². The Labute approximate surface area is 175 Å². The van der Waals surface area contributed by atoms with Crippen LogP contribution in [-0.2, 0) is 11.3 Å². The number of aliphatic hydroxyl groups is 1. The molecule has 0 aromatic carbocycles. The number of hydrogen-bond acceptors (Lipinski definition) is 8. The van der Waals surface area contributed by atoms with Crippen molar-refractivity contribution in [3.05, 3.63) is 16.3 Å². The van der Waals surface area contributed by atoms with Gasteiger partial charge in [-0.25, -0.2) is 14.8 Å². The Balaban J connectivity index is 1.78. The number of piperidine rings is 1. The number of ether oxygens (including phenoxy) is 1. The number of hydrogen-bond donors (Lipinski definition) is 1. The number of thiophene rings is 1. The summed E-state index contributed by atoms with van der Waals surface area (Å²) in [5, 5.41) is 11.1. The second-order valence-electron chi connectivity index (χ2n) is 8.15. The van der Waals surface area contributed by atoms with Crippen LogP contribution in [0.15, 0.2) is 0 Å². The highest BCUT2D eigenvalue weighted by Crippen LogP contribution is 2.38. The highest BCUT2D eigenvalue weighted by Gasteiger charge is 2.32. The van der Waals surface area contributed by atoms with E-state index in [2.05, 4.69) is 16.7 Å². The third-order valence-electron chi connectivity index (χ3n) is 5.92. The third kappa shape index (κ3) is 4.11. The number of likely N-dealkylation sites (tertiary alicyclic amines) is 1. The molecule has 2 aliphatic heterocycles. The molecule has 29 heavy (non-hydrogen) atoms. The number of carbonyl (C=O) groups excluding carboxylic acids is 1. The van der Waals surface area contributed by atoms with Gasteiger partial charge in [0.15, 0.2) is 0 Å². The first-order valence-corrected chi connectivity index (χ1v) is 11.4. The lowest BCUT2D eigenvalue weighted by molar-refractivity contribution is 0.0531. The van der Waals surface area contributed by atoms with Gasteiger partial charge in [0.25, 0.3) is 0 Å². The highest BCUT2D eigenvalue weighted by atomic mass is 32.1. The van der Waals surface area contributed by atoms with E-state index in [0.29, 0.717) is 18.0 Å². The van der Waals surface area contributed by atoms with Crippen LogP contribution in [-0.4, -0.2) is 64.3 Å². The Hall–Kier alpha value is -1.77. The first-order valence-electron chi connectivity index (χ1n) is 10.6. The quantitative estimate of drug-likeness (QED) is 0.748. The summed E-state index contributed by atoms with van der Waals surface area (Å²) in [6, 6.07) is 0.191. The molecule has 0 spiro atoms. The fourth-order valence-corrected chi connectivity index (χ4v) is 5.53. The van der Waals surface area contributed by atoms with E-state index in [4.69, 9.17) is 14.7 Å². The Morgan fingerprint density at radius 3 is 2.69 bits per heavy atom. The van der Waals surface area contributed by atoms with Crippen LogP contribution in [0.5, 0.6) is 0 Å². The monoisotopic (exact) mass is 418 g/mol. The molecule has 0 aliphatic carbocycles. The van der Waals surface area contributed by atoms with Crippen LogP contribution in [0.25, 0.3) is 10.2 Å². The average molecular weight is 419 g/mol. The standard InChI is InChI=1S/C21H30N4O3S/c1-4-28-21(27)18-14(3)17-19(25-11-15(26)10-13(25)2)22-16(23-20(17)29-18)12-24-8-6-5-7-9-24/h13,15,26H,4-12H2,1-3H3/t13-,15+/m0/s1. The van der Waals surface area contributed by atoms with Crippen molar-refractivity contribution in [2.75, 3.05) is 31.1 Å². The van der Waals surface area contributed by atoms with Gasteiger partial charge in [0.05, 0.1) is 24.6 Å². The van der Waals surface area contributed by atoms with Crippen molar-refractivity contribution in [3.8, 4) is 0 Å². The van der Waals surface area contributed by atoms with Crippen LogP contribution < -0.4 is 4.90 Å². The Kier molecular flexibility index (Phi) is 6.03. The van der Waals surface area contributed by atoms with Crippen molar-refractivity contribution in [1.82, 2.24) is 14.9 Å². The zero-order chi connectivity index (χ0) is 20.5. The summed E-state index contributed by atoms with van der Waals surface area (Å²) in [5.41, 5.74) is 0.872. The molecule has 0 unspecified atom stereocenters. The molecule has 2 aliphatic rings. The minimum absolute atomic E-state index is 0.191. The summed E-state index contributed by atoms with van der Waals surface area (Å²) in [7, 11) is 0. The smallest absolute Gasteiger partial charge is 0.348 e. The number of carbonyl (C=O) groups is 1. The van der Waals surface area contributed by atoms with Crippen molar-refractivity contribution in [3.63, 3.8) is 0 Å². The van der Waals surface area contributed by atoms with Gasteiger partial charge in [-0.2, -0.15) is 0 Å². The van der Waals surface area contributed by atoms with Crippen LogP contribution in [0.3, 0.4) is 0 Å². The summed E-state index contributed by atoms with van der Waals surface area (Å²) in [5.74, 6) is 1.33. The summed E-state index contributed by atoms with van der Waals surface area (Å²) in [6.45, 7) is 9.65. The molecule has 2 aromatic rings. The maximum absolute atomic E-state index is 12.5. The minimum Gasteiger partial charge on any atom is -0.462 e. The first-order chi connectivity index (χ1) is 14.0. The second-order valence-corrected chi connectivity index (χ2v) is 9.15. The molecule has 0 amide bonds. The van der Waals surface area contributed by atoms with Crippen molar-refractivity contribution in [2.45, 2.75) is 65.1 Å². The van der Waals surface area contributed by atoms with Gasteiger partial charge in [0.2, 0.25) is 0 Å². The molecule has 2 saturated heterocycles. The number of β-amino-alcohol motifs (C(OH)–C–C–N with tert-alkyl or cyclic N) is 1. The largest absolute Gasteiger partial charge is 0.462 e. The van der Waals surface area contributed by atoms with Gasteiger partial charge in [0, 0.05) is 12.6 Å². The number of esters is 1. The molecular formula is C21H30N4O3S. The molecule has 0 bridgehead atoms. The predicted molar refractivity (Wildman–Crippen MR) is 115 cm³/mol. The fourth-order valence-electron chi connectivity index (χ4n) is 4.45. The van der Waals surface area contributed by atoms with E-state index in [1.807, 2.05) is 13.8 Å². The number of nitrogens with zero attached hydrogens (tertiary/aromatic N) is 4. The van der Waals surface area contributed by atoms with E-state index in [1.54, 1.807) is 0 Å². The molecule has 0 saturated carbocycles. The molecule has 158 valence electrons. The lowest BCUT2D eigenvalue weighted by Gasteiger charge is -2.27. The van der Waals surface area contributed by atoms with Crippen molar-refractivity contribution < 1.29 is 14.6 Å². The molecule has 4 rings (SSSR count). The molecular weight excluding hydrogens is 388 g/mol. The average Bonchev–Trinajstić information content (AvgIpc) is 3.21. The van der Waals surface area contributed by atoms with Crippen molar-refractivity contribution >= 4 is 33.3 Å². The highest BCUT2D eigenvalue weighted by molar-refractivity contribution is 7.20. The Morgan fingerprint density at radius 1 is 1.28 bits per heavy atom. The van der Waals surface area contributed by atoms with Crippen LogP contribution in [0.4, 0.5) is 5.82 Å². The first kappa shape index (κ1) is 20.5. The summed E-state index contributed by atoms with van der Waals surface area (Å²) in [6.07, 6.45) is 4.09. The molecule has 4 heterocycles. The molecule has 2 fully saturated rings. The summed E-state index contributed by atoms with van der Waals surface area (Å²) < 4.78 is 5.26. The minimum atomic E-state index is -0.357. The molecule has 1 N–H and O–H groups in total. The van der Waals surface area contributed by atoms with Crippen LogP contribution >= 0.6 is 11.3 Å². The van der Waals surface area contributed by atoms with Crippen molar-refractivity contribution in [2.24, 2.45) is 0 Å². The molecule has 8 heteroatoms. The predicted octanol–water partition coefficient (Wildman–Crippen LogP) is 3.12. The zero-order valence-electron chi connectivity index (χ0n) is 17.5. The van der Waals surface area contributed by atoms with Gasteiger partial charge in [-0.1, -0.05) is 6.42 Å². The topological polar surface area (TPSA) is 78.8 Å². The van der Waals surface area contributed by atoms with Gasteiger partial charge in [-0.15, -0.1) is 11.3 Å². The number of aromatic nitrogens is 2. The summed E-state index contributed by atoms with van der Waals surface area (Å²) in [4.78, 5) is 28.3. The van der Waals surface area contributed by atoms with Gasteiger partial charge in [-0.05, 0) is 58.7 Å². The van der Waals surface area contributed by atoms with E-state index < -0.39 is 0 Å². The molecule has 7 nitrogen and oxygen atoms in total. The number of aliphatic hydroxyl groups excluding tert-OH is 1. The van der Waals surface area contributed by atoms with E-state index in [1.165, 1.54) is 30.6 Å². The zero-order valence-corrected chi connectivity index (χ0v) is 18.3. The fraction of sp³-hybridized carbons (Fsp3) is 0.667. The number of anilines is 1. The Morgan fingerprint density at radius 2 is 2.03 bits per heavy atom. The number of rotatable bonds is 5. The molecule has 0 radical (unpaired) electrons. The normalized spacial score (nSPS) is 23.1. The lowest BCUT2D eigenvalue weighted by atomic mass is 10.1. The number of aryl methyl sites for hydroxylation is 1. The van der Waals surface area contributed by atoms with E-state index >= 15 is 0 Å². The second kappa shape index (κ2) is 8.53. The van der Waals surface area contributed by atoms with E-state index in [0.717, 1.165) is 53.5 Å². The molecule has 2 atom stereocenters. The van der Waals surface area contributed by atoms with Crippen LogP contribution in [0.2, 0.25) is 0 Å². The maximum atomic E-state index is 12.5. The number of fused-ring (bicyclic) bond motifs is 1. The van der Waals surface area contributed by atoms with Gasteiger partial charge >= 0.3 is 5.97 Å². The lowest BCUT2D eigenvalue weighted by Crippen LogP contribution is -2.31.